The Morgan fingerprint density at radius 3 is 2.57 bits per heavy atom. The molecular weight excluding hydrogens is 424 g/mol. The maximum atomic E-state index is 11.9. The number of hydrogen-bond donors (Lipinski definition) is 1. The molecule has 0 aliphatic heterocycles. The topological polar surface area (TPSA) is 50.7 Å². The van der Waals surface area contributed by atoms with Crippen LogP contribution in [0, 0.1) is 0 Å². The van der Waals surface area contributed by atoms with Crippen LogP contribution in [-0.2, 0) is 4.79 Å². The fourth-order valence-corrected chi connectivity index (χ4v) is 3.04. The summed E-state index contributed by atoms with van der Waals surface area (Å²) in [6, 6.07) is 15.2. The molecular formula is C17H16Br2N2O2. The summed E-state index contributed by atoms with van der Waals surface area (Å²) in [6.45, 7) is 1.89. The Morgan fingerprint density at radius 1 is 1.17 bits per heavy atom. The lowest BCUT2D eigenvalue weighted by Gasteiger charge is -2.08. The van der Waals surface area contributed by atoms with Gasteiger partial charge in [-0.2, -0.15) is 5.10 Å². The van der Waals surface area contributed by atoms with Gasteiger partial charge < -0.3 is 4.74 Å². The second-order valence-corrected chi connectivity index (χ2v) is 6.45. The maximum Gasteiger partial charge on any atom is 0.277 e. The van der Waals surface area contributed by atoms with Gasteiger partial charge in [0.1, 0.15) is 5.75 Å². The lowest BCUT2D eigenvalue weighted by atomic mass is 10.1. The Bertz CT molecular complexity index is 703. The van der Waals surface area contributed by atoms with Gasteiger partial charge in [0.25, 0.3) is 5.91 Å². The molecule has 4 nitrogen and oxygen atoms in total. The van der Waals surface area contributed by atoms with E-state index in [0.717, 1.165) is 26.6 Å². The quantitative estimate of drug-likeness (QED) is 0.531. The number of carbonyl (C=O) groups is 1. The van der Waals surface area contributed by atoms with E-state index in [2.05, 4.69) is 42.4 Å². The van der Waals surface area contributed by atoms with Gasteiger partial charge in [-0.1, -0.05) is 53.2 Å². The van der Waals surface area contributed by atoms with Gasteiger partial charge in [-0.05, 0) is 46.1 Å². The lowest BCUT2D eigenvalue weighted by Crippen LogP contribution is -2.26. The van der Waals surface area contributed by atoms with Crippen LogP contribution in [0.2, 0.25) is 0 Å². The Balaban J connectivity index is 1.92. The molecule has 23 heavy (non-hydrogen) atoms. The molecule has 0 atom stereocenters. The normalized spacial score (nSPS) is 11.2. The van der Waals surface area contributed by atoms with E-state index < -0.39 is 0 Å². The average Bonchev–Trinajstić information content (AvgIpc) is 2.55. The molecule has 0 bridgehead atoms. The molecule has 0 saturated carbocycles. The molecule has 0 spiro atoms. The molecule has 0 aromatic heterocycles. The molecule has 0 unspecified atom stereocenters. The number of amides is 1. The monoisotopic (exact) mass is 438 g/mol. The maximum absolute atomic E-state index is 11.9. The van der Waals surface area contributed by atoms with Crippen LogP contribution in [0.25, 0.3) is 0 Å². The first-order chi connectivity index (χ1) is 11.1. The van der Waals surface area contributed by atoms with Crippen molar-refractivity contribution in [1.29, 1.82) is 0 Å². The van der Waals surface area contributed by atoms with Gasteiger partial charge in [-0.3, -0.25) is 4.79 Å². The number of benzene rings is 2. The SMILES string of the molecule is CCC(=NNC(=O)COc1ccc(Br)cc1Br)c1ccccc1. The summed E-state index contributed by atoms with van der Waals surface area (Å²) >= 11 is 6.75. The largest absolute Gasteiger partial charge is 0.483 e. The number of ether oxygens (including phenoxy) is 1. The van der Waals surface area contributed by atoms with E-state index in [1.54, 1.807) is 6.07 Å². The predicted molar refractivity (Wildman–Crippen MR) is 98.7 cm³/mol. The summed E-state index contributed by atoms with van der Waals surface area (Å²) in [5.74, 6) is 0.299. The molecule has 0 fully saturated rings. The number of carbonyl (C=O) groups excluding carboxylic acids is 1. The van der Waals surface area contributed by atoms with Gasteiger partial charge in [-0.25, -0.2) is 5.43 Å². The molecule has 0 heterocycles. The Kier molecular flexibility index (Phi) is 6.80. The van der Waals surface area contributed by atoms with E-state index in [9.17, 15) is 4.79 Å². The second kappa shape index (κ2) is 8.84. The van der Waals surface area contributed by atoms with Crippen molar-refractivity contribution in [3.8, 4) is 5.75 Å². The summed E-state index contributed by atoms with van der Waals surface area (Å²) in [5.41, 5.74) is 4.35. The number of nitrogens with zero attached hydrogens (tertiary/aromatic N) is 1. The molecule has 2 rings (SSSR count). The number of hydrogen-bond acceptors (Lipinski definition) is 3. The van der Waals surface area contributed by atoms with E-state index >= 15 is 0 Å². The summed E-state index contributed by atoms with van der Waals surface area (Å²) in [4.78, 5) is 11.9. The number of nitrogens with one attached hydrogen (secondary N) is 1. The van der Waals surface area contributed by atoms with Crippen molar-refractivity contribution in [2.45, 2.75) is 13.3 Å². The molecule has 0 aliphatic carbocycles. The number of hydrazone groups is 1. The third-order valence-corrected chi connectivity index (χ3v) is 4.12. The summed E-state index contributed by atoms with van der Waals surface area (Å²) in [6.07, 6.45) is 0.726. The first-order valence-corrected chi connectivity index (χ1v) is 8.67. The molecule has 6 heteroatoms. The van der Waals surface area contributed by atoms with Gasteiger partial charge in [-0.15, -0.1) is 0 Å². The zero-order valence-corrected chi connectivity index (χ0v) is 15.7. The Labute approximate surface area is 152 Å². The highest BCUT2D eigenvalue weighted by Gasteiger charge is 2.06. The van der Waals surface area contributed by atoms with Gasteiger partial charge in [0, 0.05) is 4.47 Å². The predicted octanol–water partition coefficient (Wildman–Crippen LogP) is 4.52. The highest BCUT2D eigenvalue weighted by atomic mass is 79.9. The zero-order valence-electron chi connectivity index (χ0n) is 12.6. The second-order valence-electron chi connectivity index (χ2n) is 4.68. The third-order valence-electron chi connectivity index (χ3n) is 3.01. The van der Waals surface area contributed by atoms with E-state index in [1.807, 2.05) is 49.4 Å². The summed E-state index contributed by atoms with van der Waals surface area (Å²) < 4.78 is 7.19. The minimum absolute atomic E-state index is 0.102. The van der Waals surface area contributed by atoms with Crippen LogP contribution in [0.5, 0.6) is 5.75 Å². The summed E-state index contributed by atoms with van der Waals surface area (Å²) in [7, 11) is 0. The van der Waals surface area contributed by atoms with Crippen LogP contribution in [0.1, 0.15) is 18.9 Å². The molecule has 1 N–H and O–H groups in total. The highest BCUT2D eigenvalue weighted by molar-refractivity contribution is 9.11. The van der Waals surface area contributed by atoms with Crippen molar-refractivity contribution in [2.75, 3.05) is 6.61 Å². The lowest BCUT2D eigenvalue weighted by molar-refractivity contribution is -0.123. The van der Waals surface area contributed by atoms with Crippen molar-refractivity contribution >= 4 is 43.5 Å². The van der Waals surface area contributed by atoms with Crippen LogP contribution < -0.4 is 10.2 Å². The first-order valence-electron chi connectivity index (χ1n) is 7.09. The third kappa shape index (κ3) is 5.48. The van der Waals surface area contributed by atoms with Crippen LogP contribution in [-0.4, -0.2) is 18.2 Å². The fraction of sp³-hybridized carbons (Fsp3) is 0.176. The molecule has 2 aromatic carbocycles. The number of rotatable bonds is 6. The Morgan fingerprint density at radius 2 is 1.91 bits per heavy atom. The van der Waals surface area contributed by atoms with E-state index in [0.29, 0.717) is 5.75 Å². The first kappa shape index (κ1) is 17.7. The zero-order chi connectivity index (χ0) is 16.7. The minimum Gasteiger partial charge on any atom is -0.483 e. The Hall–Kier alpha value is -1.66. The van der Waals surface area contributed by atoms with Crippen molar-refractivity contribution in [3.63, 3.8) is 0 Å². The molecule has 2 aromatic rings. The molecule has 0 saturated heterocycles. The molecule has 0 radical (unpaired) electrons. The van der Waals surface area contributed by atoms with Crippen LogP contribution in [0.15, 0.2) is 62.6 Å². The van der Waals surface area contributed by atoms with E-state index in [4.69, 9.17) is 4.74 Å². The van der Waals surface area contributed by atoms with Gasteiger partial charge in [0.05, 0.1) is 10.2 Å². The van der Waals surface area contributed by atoms with Crippen LogP contribution >= 0.6 is 31.9 Å². The molecule has 120 valence electrons. The van der Waals surface area contributed by atoms with E-state index in [1.165, 1.54) is 0 Å². The smallest absolute Gasteiger partial charge is 0.277 e. The minimum atomic E-state index is -0.304. The van der Waals surface area contributed by atoms with Crippen molar-refractivity contribution in [2.24, 2.45) is 5.10 Å². The van der Waals surface area contributed by atoms with Crippen LogP contribution in [0.4, 0.5) is 0 Å². The van der Waals surface area contributed by atoms with Gasteiger partial charge in [0.2, 0.25) is 0 Å². The fourth-order valence-electron chi connectivity index (χ4n) is 1.88. The number of halogens is 2. The van der Waals surface area contributed by atoms with Crippen molar-refractivity contribution in [1.82, 2.24) is 5.43 Å². The van der Waals surface area contributed by atoms with Crippen molar-refractivity contribution < 1.29 is 9.53 Å². The van der Waals surface area contributed by atoms with Gasteiger partial charge >= 0.3 is 0 Å². The van der Waals surface area contributed by atoms with Crippen LogP contribution in [0.3, 0.4) is 0 Å². The van der Waals surface area contributed by atoms with Crippen molar-refractivity contribution in [3.05, 3.63) is 63.0 Å². The molecule has 1 amide bonds. The van der Waals surface area contributed by atoms with E-state index in [-0.39, 0.29) is 12.5 Å². The standard InChI is InChI=1S/C17H16Br2N2O2/c1-2-15(12-6-4-3-5-7-12)20-21-17(22)11-23-16-9-8-13(18)10-14(16)19/h3-10H,2,11H2,1H3,(H,21,22). The highest BCUT2D eigenvalue weighted by Crippen LogP contribution is 2.28. The van der Waals surface area contributed by atoms with Gasteiger partial charge in [0.15, 0.2) is 6.61 Å². The summed E-state index contributed by atoms with van der Waals surface area (Å²) in [5, 5.41) is 4.18. The average molecular weight is 440 g/mol. The molecule has 0 aliphatic rings.